The van der Waals surface area contributed by atoms with Crippen LogP contribution in [0.25, 0.3) is 0 Å². The molecule has 4 N–H and O–H groups in total. The molecule has 0 radical (unpaired) electrons. The van der Waals surface area contributed by atoms with Gasteiger partial charge in [0, 0.05) is 13.2 Å². The molecule has 0 aliphatic carbocycles. The van der Waals surface area contributed by atoms with Gasteiger partial charge in [-0.15, -0.1) is 0 Å². The third-order valence-electron chi connectivity index (χ3n) is 6.10. The minimum absolute atomic E-state index is 0.0724. The SMILES string of the molecule is CCCCCCC/C=C\C/C=C\CCCCCCCCCCCCOCC(O)COP(=O)(O)OCCN. The van der Waals surface area contributed by atoms with Crippen molar-refractivity contribution in [1.82, 2.24) is 0 Å². The summed E-state index contributed by atoms with van der Waals surface area (Å²) in [5, 5.41) is 9.75. The highest BCUT2D eigenvalue weighted by Crippen LogP contribution is 2.42. The van der Waals surface area contributed by atoms with Gasteiger partial charge in [-0.2, -0.15) is 0 Å². The highest BCUT2D eigenvalue weighted by atomic mass is 31.2. The van der Waals surface area contributed by atoms with E-state index in [0.717, 1.165) is 19.3 Å². The van der Waals surface area contributed by atoms with Crippen molar-refractivity contribution in [2.45, 2.75) is 129 Å². The van der Waals surface area contributed by atoms with E-state index in [1.54, 1.807) is 0 Å². The van der Waals surface area contributed by atoms with Crippen molar-refractivity contribution < 1.29 is 28.3 Å². The predicted octanol–water partition coefficient (Wildman–Crippen LogP) is 7.61. The van der Waals surface area contributed by atoms with E-state index < -0.39 is 13.9 Å². The van der Waals surface area contributed by atoms with Crippen LogP contribution in [-0.4, -0.2) is 49.1 Å². The lowest BCUT2D eigenvalue weighted by Crippen LogP contribution is -2.22. The molecule has 0 aliphatic rings. The third-order valence-corrected chi connectivity index (χ3v) is 7.09. The van der Waals surface area contributed by atoms with Crippen LogP contribution in [-0.2, 0) is 18.3 Å². The smallest absolute Gasteiger partial charge is 0.388 e. The van der Waals surface area contributed by atoms with E-state index in [2.05, 4.69) is 35.8 Å². The van der Waals surface area contributed by atoms with E-state index in [0.29, 0.717) is 6.61 Å². The molecule has 0 aromatic rings. The van der Waals surface area contributed by atoms with Crippen LogP contribution in [0.15, 0.2) is 24.3 Å². The Balaban J connectivity index is 3.30. The van der Waals surface area contributed by atoms with Crippen molar-refractivity contribution in [2.24, 2.45) is 5.73 Å². The van der Waals surface area contributed by atoms with Crippen molar-refractivity contribution in [2.75, 3.05) is 33.0 Å². The first kappa shape index (κ1) is 36.5. The van der Waals surface area contributed by atoms with Crippen LogP contribution < -0.4 is 5.73 Å². The number of unbranched alkanes of at least 4 members (excludes halogenated alkanes) is 15. The Kier molecular flexibility index (Phi) is 28.1. The normalized spacial score (nSPS) is 14.6. The minimum atomic E-state index is -4.15. The van der Waals surface area contributed by atoms with Crippen LogP contribution in [0.2, 0.25) is 0 Å². The number of phosphoric acid groups is 1. The second-order valence-corrected chi connectivity index (χ2v) is 11.3. The van der Waals surface area contributed by atoms with Gasteiger partial charge in [-0.05, 0) is 38.5 Å². The van der Waals surface area contributed by atoms with Gasteiger partial charge in [0.1, 0.15) is 6.10 Å². The van der Waals surface area contributed by atoms with Gasteiger partial charge >= 0.3 is 7.82 Å². The second-order valence-electron chi connectivity index (χ2n) is 9.82. The molecule has 37 heavy (non-hydrogen) atoms. The van der Waals surface area contributed by atoms with Gasteiger partial charge in [0.05, 0.1) is 19.8 Å². The summed E-state index contributed by atoms with van der Waals surface area (Å²) in [6, 6.07) is 0. The van der Waals surface area contributed by atoms with Crippen LogP contribution in [0, 0.1) is 0 Å². The van der Waals surface area contributed by atoms with E-state index >= 15 is 0 Å². The van der Waals surface area contributed by atoms with Crippen LogP contribution >= 0.6 is 7.82 Å². The molecule has 0 saturated heterocycles. The Hall–Kier alpha value is -0.530. The lowest BCUT2D eigenvalue weighted by Gasteiger charge is -2.15. The van der Waals surface area contributed by atoms with Gasteiger partial charge in [-0.3, -0.25) is 9.05 Å². The van der Waals surface area contributed by atoms with Crippen molar-refractivity contribution in [3.63, 3.8) is 0 Å². The molecule has 0 aromatic heterocycles. The fraction of sp³-hybridized carbons (Fsp3) is 0.862. The maximum Gasteiger partial charge on any atom is 0.472 e. The number of aliphatic hydroxyl groups excluding tert-OH is 1. The van der Waals surface area contributed by atoms with Gasteiger partial charge in [-0.25, -0.2) is 4.57 Å². The molecule has 0 aromatic carbocycles. The Morgan fingerprint density at radius 1 is 0.703 bits per heavy atom. The van der Waals surface area contributed by atoms with E-state index in [-0.39, 0.29) is 26.4 Å². The first-order valence-electron chi connectivity index (χ1n) is 14.9. The summed E-state index contributed by atoms with van der Waals surface area (Å²) >= 11 is 0. The van der Waals surface area contributed by atoms with Gasteiger partial charge in [0.15, 0.2) is 0 Å². The Morgan fingerprint density at radius 3 is 1.76 bits per heavy atom. The molecule has 0 fully saturated rings. The number of phosphoric ester groups is 1. The maximum absolute atomic E-state index is 11.5. The fourth-order valence-electron chi connectivity index (χ4n) is 3.91. The Morgan fingerprint density at radius 2 is 1.22 bits per heavy atom. The van der Waals surface area contributed by atoms with Crippen molar-refractivity contribution in [3.05, 3.63) is 24.3 Å². The minimum Gasteiger partial charge on any atom is -0.388 e. The van der Waals surface area contributed by atoms with E-state index in [4.69, 9.17) is 15.0 Å². The Labute approximate surface area is 227 Å². The first-order chi connectivity index (χ1) is 18.0. The van der Waals surface area contributed by atoms with Gasteiger partial charge in [-0.1, -0.05) is 108 Å². The van der Waals surface area contributed by atoms with Crippen LogP contribution in [0.3, 0.4) is 0 Å². The summed E-state index contributed by atoms with van der Waals surface area (Å²) in [7, 11) is -4.15. The molecule has 0 heterocycles. The largest absolute Gasteiger partial charge is 0.472 e. The molecule has 0 saturated carbocycles. The van der Waals surface area contributed by atoms with Gasteiger partial charge in [0.25, 0.3) is 0 Å². The van der Waals surface area contributed by atoms with Crippen molar-refractivity contribution >= 4 is 7.82 Å². The number of rotatable bonds is 29. The predicted molar refractivity (Wildman–Crippen MR) is 155 cm³/mol. The quantitative estimate of drug-likeness (QED) is 0.0502. The fourth-order valence-corrected chi connectivity index (χ4v) is 4.68. The molecule has 0 rings (SSSR count). The standard InChI is InChI=1S/C29H58NO6P/c1-2-3-4-5-6-7-8-9-10-11-12-13-14-15-16-17-18-19-20-21-22-23-25-34-27-29(31)28-36-37(32,33)35-26-24-30/h8-9,11-12,29,31H,2-7,10,13-28,30H2,1H3,(H,32,33)/b9-8-,12-11-. The van der Waals surface area contributed by atoms with Crippen molar-refractivity contribution in [1.29, 1.82) is 0 Å². The molecule has 7 nitrogen and oxygen atoms in total. The molecular weight excluding hydrogens is 489 g/mol. The zero-order chi connectivity index (χ0) is 27.3. The number of aliphatic hydroxyl groups is 1. The summed E-state index contributed by atoms with van der Waals surface area (Å²) in [4.78, 5) is 9.36. The number of hydrogen-bond acceptors (Lipinski definition) is 6. The lowest BCUT2D eigenvalue weighted by atomic mass is 10.1. The summed E-state index contributed by atoms with van der Waals surface area (Å²) in [5.74, 6) is 0. The molecule has 220 valence electrons. The van der Waals surface area contributed by atoms with Crippen LogP contribution in [0.1, 0.15) is 122 Å². The first-order valence-corrected chi connectivity index (χ1v) is 16.4. The zero-order valence-corrected chi connectivity index (χ0v) is 24.6. The highest BCUT2D eigenvalue weighted by molar-refractivity contribution is 7.47. The number of hydrogen-bond donors (Lipinski definition) is 3. The molecule has 0 aliphatic heterocycles. The highest BCUT2D eigenvalue weighted by Gasteiger charge is 2.22. The van der Waals surface area contributed by atoms with E-state index in [1.807, 2.05) is 0 Å². The van der Waals surface area contributed by atoms with E-state index in [9.17, 15) is 14.6 Å². The average Bonchev–Trinajstić information content (AvgIpc) is 2.89. The van der Waals surface area contributed by atoms with Crippen LogP contribution in [0.5, 0.6) is 0 Å². The second kappa shape index (κ2) is 28.5. The number of allylic oxidation sites excluding steroid dienone is 4. The third kappa shape index (κ3) is 29.9. The number of ether oxygens (including phenoxy) is 1. The monoisotopic (exact) mass is 547 g/mol. The summed E-state index contributed by atoms with van der Waals surface area (Å²) in [5.41, 5.74) is 5.20. The van der Waals surface area contributed by atoms with Crippen LogP contribution in [0.4, 0.5) is 0 Å². The van der Waals surface area contributed by atoms with E-state index in [1.165, 1.54) is 96.3 Å². The van der Waals surface area contributed by atoms with Crippen molar-refractivity contribution in [3.8, 4) is 0 Å². The van der Waals surface area contributed by atoms with Gasteiger partial charge in [0.2, 0.25) is 0 Å². The lowest BCUT2D eigenvalue weighted by molar-refractivity contribution is 0.00230. The molecule has 2 unspecified atom stereocenters. The summed E-state index contributed by atoms with van der Waals surface area (Å²) in [6.45, 7) is 2.64. The Bertz CT molecular complexity index is 573. The molecule has 0 amide bonds. The average molecular weight is 548 g/mol. The maximum atomic E-state index is 11.5. The summed E-state index contributed by atoms with van der Waals surface area (Å²) < 4.78 is 26.2. The molecule has 0 bridgehead atoms. The molecule has 8 heteroatoms. The molecule has 2 atom stereocenters. The number of nitrogens with two attached hydrogens (primary N) is 1. The zero-order valence-electron chi connectivity index (χ0n) is 23.7. The molecular formula is C29H58NO6P. The topological polar surface area (TPSA) is 111 Å². The van der Waals surface area contributed by atoms with Gasteiger partial charge < -0.3 is 20.5 Å². The summed E-state index contributed by atoms with van der Waals surface area (Å²) in [6.07, 6.45) is 31.2. The molecule has 0 spiro atoms.